The number of hydrogen-bond acceptors (Lipinski definition) is 6. The van der Waals surface area contributed by atoms with E-state index in [1.807, 2.05) is 13.8 Å². The molecule has 0 aliphatic rings. The van der Waals surface area contributed by atoms with Gasteiger partial charge in [-0.3, -0.25) is 14.6 Å². The second-order valence-electron chi connectivity index (χ2n) is 6.60. The van der Waals surface area contributed by atoms with E-state index in [4.69, 9.17) is 4.74 Å². The van der Waals surface area contributed by atoms with Crippen molar-refractivity contribution in [1.29, 1.82) is 5.26 Å². The third kappa shape index (κ3) is 4.65. The molecule has 29 heavy (non-hydrogen) atoms. The largest absolute Gasteiger partial charge is 0.490 e. The Labute approximate surface area is 167 Å². The number of amides is 1. The zero-order valence-electron chi connectivity index (χ0n) is 16.2. The molecule has 0 saturated carbocycles. The molecule has 0 atom stereocenters. The summed E-state index contributed by atoms with van der Waals surface area (Å²) in [6, 6.07) is 10.00. The predicted octanol–water partition coefficient (Wildman–Crippen LogP) is 2.75. The van der Waals surface area contributed by atoms with Crippen molar-refractivity contribution in [3.63, 3.8) is 0 Å². The SMILES string of the molecule is CC(C)Oc1cc(-c2cncc(NC(=O)c3ccc(=O)n(C)c3)n2)ccc1C#N. The maximum atomic E-state index is 12.4. The van der Waals surface area contributed by atoms with Crippen molar-refractivity contribution in [3.05, 3.63) is 70.4 Å². The van der Waals surface area contributed by atoms with Gasteiger partial charge in [-0.25, -0.2) is 4.98 Å². The molecule has 1 aromatic carbocycles. The van der Waals surface area contributed by atoms with E-state index in [0.29, 0.717) is 28.1 Å². The first kappa shape index (κ1) is 19.8. The first-order valence-corrected chi connectivity index (χ1v) is 8.88. The monoisotopic (exact) mass is 389 g/mol. The number of nitrogens with one attached hydrogen (secondary N) is 1. The lowest BCUT2D eigenvalue weighted by Gasteiger charge is -2.13. The van der Waals surface area contributed by atoms with E-state index in [2.05, 4.69) is 21.4 Å². The molecule has 0 radical (unpaired) electrons. The minimum absolute atomic E-state index is 0.0871. The van der Waals surface area contributed by atoms with Crippen LogP contribution in [-0.2, 0) is 7.05 Å². The van der Waals surface area contributed by atoms with Gasteiger partial charge >= 0.3 is 0 Å². The molecule has 1 amide bonds. The summed E-state index contributed by atoms with van der Waals surface area (Å²) in [6.07, 6.45) is 4.35. The van der Waals surface area contributed by atoms with E-state index < -0.39 is 5.91 Å². The molecular formula is C21H19N5O3. The van der Waals surface area contributed by atoms with Gasteiger partial charge in [0.1, 0.15) is 11.8 Å². The van der Waals surface area contributed by atoms with Crippen LogP contribution in [0.4, 0.5) is 5.82 Å². The van der Waals surface area contributed by atoms with Gasteiger partial charge in [0, 0.05) is 24.9 Å². The molecule has 8 heteroatoms. The van der Waals surface area contributed by atoms with Crippen molar-refractivity contribution in [3.8, 4) is 23.1 Å². The molecule has 0 bridgehead atoms. The average Bonchev–Trinajstić information content (AvgIpc) is 2.69. The molecule has 0 unspecified atom stereocenters. The van der Waals surface area contributed by atoms with Crippen LogP contribution in [0, 0.1) is 11.3 Å². The van der Waals surface area contributed by atoms with E-state index in [1.54, 1.807) is 31.4 Å². The van der Waals surface area contributed by atoms with Gasteiger partial charge in [-0.1, -0.05) is 6.07 Å². The first-order valence-electron chi connectivity index (χ1n) is 8.88. The summed E-state index contributed by atoms with van der Waals surface area (Å²) in [7, 11) is 1.57. The van der Waals surface area contributed by atoms with Crippen LogP contribution in [0.1, 0.15) is 29.8 Å². The molecule has 0 aliphatic heterocycles. The van der Waals surface area contributed by atoms with Crippen LogP contribution < -0.4 is 15.6 Å². The predicted molar refractivity (Wildman–Crippen MR) is 108 cm³/mol. The van der Waals surface area contributed by atoms with Crippen molar-refractivity contribution in [2.75, 3.05) is 5.32 Å². The number of ether oxygens (including phenoxy) is 1. The number of pyridine rings is 1. The van der Waals surface area contributed by atoms with Crippen molar-refractivity contribution >= 4 is 11.7 Å². The Morgan fingerprint density at radius 2 is 2.03 bits per heavy atom. The number of benzene rings is 1. The normalized spacial score (nSPS) is 10.4. The summed E-state index contributed by atoms with van der Waals surface area (Å²) in [4.78, 5) is 32.5. The fourth-order valence-corrected chi connectivity index (χ4v) is 2.61. The smallest absolute Gasteiger partial charge is 0.258 e. The molecule has 3 rings (SSSR count). The lowest BCUT2D eigenvalue weighted by Crippen LogP contribution is -2.20. The Balaban J connectivity index is 1.88. The highest BCUT2D eigenvalue weighted by molar-refractivity contribution is 6.03. The summed E-state index contributed by atoms with van der Waals surface area (Å²) in [6.45, 7) is 3.76. The van der Waals surface area contributed by atoms with E-state index in [-0.39, 0.29) is 17.5 Å². The van der Waals surface area contributed by atoms with Gasteiger partial charge in [-0.2, -0.15) is 5.26 Å². The number of nitrogens with zero attached hydrogens (tertiary/aromatic N) is 4. The van der Waals surface area contributed by atoms with Crippen molar-refractivity contribution < 1.29 is 9.53 Å². The van der Waals surface area contributed by atoms with Crippen LogP contribution in [0.15, 0.2) is 53.7 Å². The van der Waals surface area contributed by atoms with Gasteiger partial charge in [-0.05, 0) is 32.0 Å². The maximum absolute atomic E-state index is 12.4. The molecule has 2 aromatic heterocycles. The molecule has 8 nitrogen and oxygen atoms in total. The van der Waals surface area contributed by atoms with Gasteiger partial charge in [0.05, 0.1) is 35.3 Å². The summed E-state index contributed by atoms with van der Waals surface area (Å²) >= 11 is 0. The highest BCUT2D eigenvalue weighted by Crippen LogP contribution is 2.27. The highest BCUT2D eigenvalue weighted by atomic mass is 16.5. The number of aryl methyl sites for hydroxylation is 1. The van der Waals surface area contributed by atoms with E-state index in [0.717, 1.165) is 0 Å². The average molecular weight is 389 g/mol. The van der Waals surface area contributed by atoms with Crippen molar-refractivity contribution in [2.45, 2.75) is 20.0 Å². The second-order valence-corrected chi connectivity index (χ2v) is 6.60. The standard InChI is InChI=1S/C21H19N5O3/c1-13(2)29-18-8-14(4-5-15(18)9-22)17-10-23-11-19(24-17)25-21(28)16-6-7-20(27)26(3)12-16/h4-8,10-13H,1-3H3,(H,24,25,28). The van der Waals surface area contributed by atoms with Gasteiger partial charge in [0.15, 0.2) is 5.82 Å². The minimum Gasteiger partial charge on any atom is -0.490 e. The first-order chi connectivity index (χ1) is 13.9. The van der Waals surface area contributed by atoms with Crippen LogP contribution in [0.25, 0.3) is 11.3 Å². The van der Waals surface area contributed by atoms with Crippen LogP contribution in [-0.4, -0.2) is 26.5 Å². The van der Waals surface area contributed by atoms with E-state index in [1.165, 1.54) is 29.1 Å². The number of anilines is 1. The van der Waals surface area contributed by atoms with Crippen LogP contribution in [0.3, 0.4) is 0 Å². The number of carbonyl (C=O) groups excluding carboxylic acids is 1. The summed E-state index contributed by atoms with van der Waals surface area (Å²) in [5.41, 5.74) is 1.76. The molecule has 0 spiro atoms. The Morgan fingerprint density at radius 3 is 2.72 bits per heavy atom. The molecular weight excluding hydrogens is 370 g/mol. The van der Waals surface area contributed by atoms with Gasteiger partial charge in [0.2, 0.25) is 5.56 Å². The number of carbonyl (C=O) groups is 1. The topological polar surface area (TPSA) is 110 Å². The summed E-state index contributed by atoms with van der Waals surface area (Å²) < 4.78 is 7.03. The van der Waals surface area contributed by atoms with Crippen molar-refractivity contribution in [2.24, 2.45) is 7.05 Å². The molecule has 3 aromatic rings. The van der Waals surface area contributed by atoms with Crippen molar-refractivity contribution in [1.82, 2.24) is 14.5 Å². The Hall–Kier alpha value is -3.99. The fraction of sp³-hybridized carbons (Fsp3) is 0.190. The molecule has 0 aliphatic carbocycles. The maximum Gasteiger partial charge on any atom is 0.258 e. The lowest BCUT2D eigenvalue weighted by molar-refractivity contribution is 0.102. The zero-order chi connectivity index (χ0) is 21.0. The molecule has 1 N–H and O–H groups in total. The van der Waals surface area contributed by atoms with Gasteiger partial charge in [0.25, 0.3) is 5.91 Å². The molecule has 0 fully saturated rings. The quantitative estimate of drug-likeness (QED) is 0.718. The minimum atomic E-state index is -0.407. The second kappa shape index (κ2) is 8.35. The Bertz CT molecular complexity index is 1160. The Kier molecular flexibility index (Phi) is 5.69. The molecule has 0 saturated heterocycles. The zero-order valence-corrected chi connectivity index (χ0v) is 16.2. The fourth-order valence-electron chi connectivity index (χ4n) is 2.61. The van der Waals surface area contributed by atoms with Crippen LogP contribution in [0.2, 0.25) is 0 Å². The van der Waals surface area contributed by atoms with Gasteiger partial charge < -0.3 is 14.6 Å². The third-order valence-electron chi connectivity index (χ3n) is 3.98. The van der Waals surface area contributed by atoms with E-state index >= 15 is 0 Å². The Morgan fingerprint density at radius 1 is 1.24 bits per heavy atom. The number of hydrogen-bond donors (Lipinski definition) is 1. The van der Waals surface area contributed by atoms with E-state index in [9.17, 15) is 14.9 Å². The number of rotatable bonds is 5. The van der Waals surface area contributed by atoms with Crippen LogP contribution in [0.5, 0.6) is 5.75 Å². The third-order valence-corrected chi connectivity index (χ3v) is 3.98. The van der Waals surface area contributed by atoms with Gasteiger partial charge in [-0.15, -0.1) is 0 Å². The lowest BCUT2D eigenvalue weighted by atomic mass is 10.1. The molecule has 146 valence electrons. The molecule has 2 heterocycles. The summed E-state index contributed by atoms with van der Waals surface area (Å²) in [5.74, 6) is 0.314. The number of nitriles is 1. The highest BCUT2D eigenvalue weighted by Gasteiger charge is 2.12. The van der Waals surface area contributed by atoms with Crippen LogP contribution >= 0.6 is 0 Å². The summed E-state index contributed by atoms with van der Waals surface area (Å²) in [5, 5.41) is 11.9. The number of aromatic nitrogens is 3.